The van der Waals surface area contributed by atoms with Crippen LogP contribution in [0, 0.1) is 0 Å². The molecule has 0 bridgehead atoms. The molecule has 1 aromatic heterocycles. The van der Waals surface area contributed by atoms with Crippen molar-refractivity contribution in [2.75, 3.05) is 6.61 Å². The lowest BCUT2D eigenvalue weighted by molar-refractivity contribution is 0.0685. The second-order valence-corrected chi connectivity index (χ2v) is 7.59. The molecule has 1 aromatic carbocycles. The van der Waals surface area contributed by atoms with Crippen molar-refractivity contribution in [2.24, 2.45) is 0 Å². The predicted molar refractivity (Wildman–Crippen MR) is 102 cm³/mol. The fourth-order valence-corrected chi connectivity index (χ4v) is 2.86. The molecule has 138 valence electrons. The van der Waals surface area contributed by atoms with Crippen LogP contribution in [0.5, 0.6) is 0 Å². The van der Waals surface area contributed by atoms with Gasteiger partial charge in [-0.15, -0.1) is 0 Å². The van der Waals surface area contributed by atoms with E-state index >= 15 is 0 Å². The number of hydrogen-bond donors (Lipinski definition) is 1. The largest absolute Gasteiger partial charge is 0.382 e. The average Bonchev–Trinajstić information content (AvgIpc) is 2.96. The fourth-order valence-electron chi connectivity index (χ4n) is 2.50. The molecular formula is C19H28BrN3O2. The van der Waals surface area contributed by atoms with E-state index in [4.69, 9.17) is 4.74 Å². The van der Waals surface area contributed by atoms with Crippen molar-refractivity contribution < 1.29 is 9.84 Å². The minimum Gasteiger partial charge on any atom is -0.382 e. The van der Waals surface area contributed by atoms with E-state index in [1.165, 1.54) is 0 Å². The molecule has 0 saturated carbocycles. The maximum absolute atomic E-state index is 10.2. The summed E-state index contributed by atoms with van der Waals surface area (Å²) in [7, 11) is 0. The number of ether oxygens (including phenoxy) is 1. The Labute approximate surface area is 158 Å². The minimum absolute atomic E-state index is 0.477. The summed E-state index contributed by atoms with van der Waals surface area (Å²) in [6.07, 6.45) is 3.02. The van der Waals surface area contributed by atoms with Gasteiger partial charge in [-0.2, -0.15) is 5.10 Å². The van der Waals surface area contributed by atoms with Gasteiger partial charge in [0.15, 0.2) is 5.82 Å². The predicted octanol–water partition coefficient (Wildman–Crippen LogP) is 4.20. The molecule has 1 N–H and O–H groups in total. The zero-order valence-electron chi connectivity index (χ0n) is 15.5. The SMILES string of the molecule is CCCCc1nc(C(C)(C)O)nn1Cc1ccc(Br)c(COCC)c1. The molecule has 0 atom stereocenters. The third-order valence-corrected chi connectivity index (χ3v) is 4.73. The van der Waals surface area contributed by atoms with Crippen molar-refractivity contribution in [3.8, 4) is 0 Å². The number of benzene rings is 1. The Hall–Kier alpha value is -1.24. The Bertz CT molecular complexity index is 692. The number of hydrogen-bond acceptors (Lipinski definition) is 4. The van der Waals surface area contributed by atoms with Gasteiger partial charge in [0.1, 0.15) is 11.4 Å². The minimum atomic E-state index is -1.04. The van der Waals surface area contributed by atoms with Crippen molar-refractivity contribution in [1.82, 2.24) is 14.8 Å². The zero-order chi connectivity index (χ0) is 18.4. The average molecular weight is 410 g/mol. The van der Waals surface area contributed by atoms with E-state index in [1.54, 1.807) is 13.8 Å². The Kier molecular flexibility index (Phi) is 7.16. The van der Waals surface area contributed by atoms with E-state index in [0.29, 0.717) is 25.6 Å². The number of aromatic nitrogens is 3. The van der Waals surface area contributed by atoms with Gasteiger partial charge >= 0.3 is 0 Å². The van der Waals surface area contributed by atoms with Crippen molar-refractivity contribution in [2.45, 2.75) is 65.7 Å². The van der Waals surface area contributed by atoms with Gasteiger partial charge in [0.25, 0.3) is 0 Å². The number of aryl methyl sites for hydroxylation is 1. The molecule has 0 aliphatic heterocycles. The molecular weight excluding hydrogens is 382 g/mol. The molecule has 25 heavy (non-hydrogen) atoms. The van der Waals surface area contributed by atoms with Crippen LogP contribution in [-0.4, -0.2) is 26.5 Å². The van der Waals surface area contributed by atoms with Gasteiger partial charge in [0.2, 0.25) is 0 Å². The zero-order valence-corrected chi connectivity index (χ0v) is 17.1. The summed E-state index contributed by atoms with van der Waals surface area (Å²) in [5.41, 5.74) is 1.23. The van der Waals surface area contributed by atoms with Crippen LogP contribution < -0.4 is 0 Å². The number of rotatable bonds is 9. The van der Waals surface area contributed by atoms with E-state index in [9.17, 15) is 5.11 Å². The van der Waals surface area contributed by atoms with Crippen LogP contribution in [-0.2, 0) is 29.9 Å². The van der Waals surface area contributed by atoms with Crippen molar-refractivity contribution in [3.05, 3.63) is 45.4 Å². The lowest BCUT2D eigenvalue weighted by atomic mass is 10.1. The number of unbranched alkanes of at least 4 members (excludes halogenated alkanes) is 1. The van der Waals surface area contributed by atoms with Gasteiger partial charge in [0, 0.05) is 17.5 Å². The summed E-state index contributed by atoms with van der Waals surface area (Å²) in [5.74, 6) is 1.40. The first-order chi connectivity index (χ1) is 11.8. The highest BCUT2D eigenvalue weighted by atomic mass is 79.9. The molecule has 0 radical (unpaired) electrons. The summed E-state index contributed by atoms with van der Waals surface area (Å²) in [6, 6.07) is 6.26. The lowest BCUT2D eigenvalue weighted by Crippen LogP contribution is -2.18. The molecule has 0 fully saturated rings. The third-order valence-electron chi connectivity index (χ3n) is 3.95. The monoisotopic (exact) mass is 409 g/mol. The Morgan fingerprint density at radius 2 is 2.04 bits per heavy atom. The topological polar surface area (TPSA) is 60.2 Å². The summed E-state index contributed by atoms with van der Waals surface area (Å²) in [4.78, 5) is 4.57. The molecule has 0 amide bonds. The van der Waals surface area contributed by atoms with Crippen LogP contribution >= 0.6 is 15.9 Å². The highest BCUT2D eigenvalue weighted by Crippen LogP contribution is 2.21. The standard InChI is InChI=1S/C19H28BrN3O2/c1-5-7-8-17-21-18(19(3,4)24)22-23(17)12-14-9-10-16(20)15(11-14)13-25-6-2/h9-11,24H,5-8,12-13H2,1-4H3. The molecule has 0 aliphatic carbocycles. The van der Waals surface area contributed by atoms with Crippen molar-refractivity contribution in [3.63, 3.8) is 0 Å². The third kappa shape index (κ3) is 5.62. The van der Waals surface area contributed by atoms with Gasteiger partial charge < -0.3 is 9.84 Å². The van der Waals surface area contributed by atoms with Crippen LogP contribution in [0.4, 0.5) is 0 Å². The van der Waals surface area contributed by atoms with Gasteiger partial charge in [-0.25, -0.2) is 9.67 Å². The van der Waals surface area contributed by atoms with Crippen molar-refractivity contribution >= 4 is 15.9 Å². The molecule has 2 aromatic rings. The second-order valence-electron chi connectivity index (χ2n) is 6.73. The first-order valence-corrected chi connectivity index (χ1v) is 9.66. The highest BCUT2D eigenvalue weighted by molar-refractivity contribution is 9.10. The molecule has 5 nitrogen and oxygen atoms in total. The molecule has 0 saturated heterocycles. The van der Waals surface area contributed by atoms with Crippen LogP contribution in [0.15, 0.2) is 22.7 Å². The molecule has 6 heteroatoms. The smallest absolute Gasteiger partial charge is 0.181 e. The highest BCUT2D eigenvalue weighted by Gasteiger charge is 2.23. The summed E-state index contributed by atoms with van der Waals surface area (Å²) >= 11 is 3.58. The second kappa shape index (κ2) is 8.92. The lowest BCUT2D eigenvalue weighted by Gasteiger charge is -2.11. The van der Waals surface area contributed by atoms with E-state index < -0.39 is 5.60 Å². The number of aliphatic hydroxyl groups is 1. The summed E-state index contributed by atoms with van der Waals surface area (Å²) in [5, 5.41) is 14.8. The molecule has 1 heterocycles. The normalized spacial score (nSPS) is 11.9. The number of nitrogens with zero attached hydrogens (tertiary/aromatic N) is 3. The van der Waals surface area contributed by atoms with Gasteiger partial charge in [-0.05, 0) is 44.4 Å². The summed E-state index contributed by atoms with van der Waals surface area (Å²) in [6.45, 7) is 9.49. The Balaban J connectivity index is 2.27. The summed E-state index contributed by atoms with van der Waals surface area (Å²) < 4.78 is 8.49. The Morgan fingerprint density at radius 3 is 2.68 bits per heavy atom. The van der Waals surface area contributed by atoms with Gasteiger partial charge in [0.05, 0.1) is 13.2 Å². The van der Waals surface area contributed by atoms with E-state index in [0.717, 1.165) is 40.7 Å². The van der Waals surface area contributed by atoms with E-state index in [-0.39, 0.29) is 0 Å². The quantitative estimate of drug-likeness (QED) is 0.673. The maximum atomic E-state index is 10.2. The number of halogens is 1. The van der Waals surface area contributed by atoms with Crippen LogP contribution in [0.3, 0.4) is 0 Å². The van der Waals surface area contributed by atoms with Gasteiger partial charge in [-0.1, -0.05) is 41.4 Å². The van der Waals surface area contributed by atoms with Crippen LogP contribution in [0.25, 0.3) is 0 Å². The molecule has 0 unspecified atom stereocenters. The van der Waals surface area contributed by atoms with Crippen LogP contribution in [0.2, 0.25) is 0 Å². The maximum Gasteiger partial charge on any atom is 0.181 e. The Morgan fingerprint density at radius 1 is 1.28 bits per heavy atom. The van der Waals surface area contributed by atoms with Crippen LogP contribution in [0.1, 0.15) is 63.3 Å². The molecule has 2 rings (SSSR count). The van der Waals surface area contributed by atoms with Gasteiger partial charge in [-0.3, -0.25) is 0 Å². The van der Waals surface area contributed by atoms with Crippen molar-refractivity contribution in [1.29, 1.82) is 0 Å². The molecule has 0 aliphatic rings. The first kappa shape index (κ1) is 20.1. The van der Waals surface area contributed by atoms with E-state index in [2.05, 4.69) is 45.1 Å². The first-order valence-electron chi connectivity index (χ1n) is 8.86. The molecule has 0 spiro atoms. The van der Waals surface area contributed by atoms with E-state index in [1.807, 2.05) is 17.7 Å². The fraction of sp³-hybridized carbons (Fsp3) is 0.579.